The van der Waals surface area contributed by atoms with E-state index in [0.717, 1.165) is 11.4 Å². The van der Waals surface area contributed by atoms with Gasteiger partial charge in [-0.25, -0.2) is 0 Å². The first-order valence-electron chi connectivity index (χ1n) is 3.84. The molecule has 5 heteroatoms. The van der Waals surface area contributed by atoms with Crippen molar-refractivity contribution in [1.29, 1.82) is 0 Å². The number of hydrogen-bond donors (Lipinski definition) is 2. The smallest absolute Gasteiger partial charge is 0.251 e. The lowest BCUT2D eigenvalue weighted by atomic mass is 10.3. The van der Waals surface area contributed by atoms with E-state index in [1.807, 2.05) is 28.6 Å². The van der Waals surface area contributed by atoms with Gasteiger partial charge in [0.1, 0.15) is 6.54 Å². The molecule has 1 amide bonds. The lowest BCUT2D eigenvalue weighted by Gasteiger charge is -2.12. The second-order valence-corrected chi connectivity index (χ2v) is 3.57. The Morgan fingerprint density at radius 1 is 1.38 bits per heavy atom. The van der Waals surface area contributed by atoms with Crippen LogP contribution >= 0.6 is 12.1 Å². The lowest BCUT2D eigenvalue weighted by molar-refractivity contribution is -0.117. The van der Waals surface area contributed by atoms with Gasteiger partial charge in [-0.3, -0.25) is 13.8 Å². The molecule has 0 atom stereocenters. The molecule has 0 unspecified atom stereocenters. The third kappa shape index (κ3) is 1.70. The van der Waals surface area contributed by atoms with Crippen LogP contribution in [0.2, 0.25) is 0 Å². The van der Waals surface area contributed by atoms with Crippen molar-refractivity contribution in [2.75, 3.05) is 16.6 Å². The number of carbonyl (C=O) groups excluding carboxylic acids is 1. The Kier molecular flexibility index (Phi) is 2.02. The summed E-state index contributed by atoms with van der Waals surface area (Å²) in [5.74, 6) is 0.0295. The van der Waals surface area contributed by atoms with Crippen molar-refractivity contribution >= 4 is 29.4 Å². The molecular weight excluding hydrogens is 186 g/mol. The summed E-state index contributed by atoms with van der Waals surface area (Å²) in [7, 11) is 0. The summed E-state index contributed by atoms with van der Waals surface area (Å²) in [6.45, 7) is 0.397. The van der Waals surface area contributed by atoms with Crippen LogP contribution in [-0.4, -0.2) is 12.5 Å². The van der Waals surface area contributed by atoms with Crippen LogP contribution in [0.1, 0.15) is 0 Å². The molecule has 2 rings (SSSR count). The van der Waals surface area contributed by atoms with Crippen molar-refractivity contribution in [3.05, 3.63) is 24.3 Å². The van der Waals surface area contributed by atoms with E-state index in [-0.39, 0.29) is 5.91 Å². The molecule has 68 valence electrons. The first kappa shape index (κ1) is 8.25. The number of amides is 1. The van der Waals surface area contributed by atoms with E-state index in [1.165, 1.54) is 12.1 Å². The highest BCUT2D eigenvalue weighted by molar-refractivity contribution is 7.99. The zero-order chi connectivity index (χ0) is 9.26. The molecule has 13 heavy (non-hydrogen) atoms. The van der Waals surface area contributed by atoms with E-state index in [0.29, 0.717) is 6.54 Å². The van der Waals surface area contributed by atoms with E-state index in [9.17, 15) is 4.79 Å². The van der Waals surface area contributed by atoms with Crippen molar-refractivity contribution < 1.29 is 4.79 Å². The van der Waals surface area contributed by atoms with Gasteiger partial charge in [0.25, 0.3) is 5.91 Å². The summed E-state index contributed by atoms with van der Waals surface area (Å²) in [6.07, 6.45) is 0. The lowest BCUT2D eigenvalue weighted by Crippen LogP contribution is -2.15. The summed E-state index contributed by atoms with van der Waals surface area (Å²) in [5.41, 5.74) is 7.26. The zero-order valence-electron chi connectivity index (χ0n) is 6.86. The molecule has 1 aliphatic rings. The Morgan fingerprint density at radius 2 is 2.08 bits per heavy atom. The Hall–Kier alpha value is -1.36. The normalized spacial score (nSPS) is 16.0. The summed E-state index contributed by atoms with van der Waals surface area (Å²) in [5, 5.41) is 0. The van der Waals surface area contributed by atoms with Crippen LogP contribution in [0.15, 0.2) is 24.3 Å². The largest absolute Gasteiger partial charge is 0.399 e. The number of nitrogens with zero attached hydrogens (tertiary/aromatic N) is 1. The van der Waals surface area contributed by atoms with Crippen molar-refractivity contribution in [2.45, 2.75) is 0 Å². The number of anilines is 2. The molecule has 0 bridgehead atoms. The molecular formula is C8H9N3OS. The van der Waals surface area contributed by atoms with Gasteiger partial charge >= 0.3 is 0 Å². The van der Waals surface area contributed by atoms with Gasteiger partial charge in [-0.1, -0.05) is 0 Å². The molecule has 0 saturated carbocycles. The van der Waals surface area contributed by atoms with Gasteiger partial charge in [0, 0.05) is 11.4 Å². The third-order valence-electron chi connectivity index (χ3n) is 1.74. The van der Waals surface area contributed by atoms with Crippen LogP contribution in [0.25, 0.3) is 0 Å². The summed E-state index contributed by atoms with van der Waals surface area (Å²) < 4.78 is 4.53. The van der Waals surface area contributed by atoms with Crippen molar-refractivity contribution in [2.24, 2.45) is 0 Å². The van der Waals surface area contributed by atoms with Gasteiger partial charge in [0.05, 0.1) is 12.1 Å². The number of nitrogens with two attached hydrogens (primary N) is 1. The minimum atomic E-state index is 0.0295. The Morgan fingerprint density at radius 3 is 2.62 bits per heavy atom. The molecule has 1 saturated heterocycles. The van der Waals surface area contributed by atoms with Crippen molar-refractivity contribution in [3.63, 3.8) is 0 Å². The van der Waals surface area contributed by atoms with E-state index in [4.69, 9.17) is 5.73 Å². The molecule has 3 N–H and O–H groups in total. The Bertz CT molecular complexity index is 325. The van der Waals surface area contributed by atoms with Gasteiger partial charge in [-0.05, 0) is 24.3 Å². The number of carbonyl (C=O) groups is 1. The van der Waals surface area contributed by atoms with E-state index < -0.39 is 0 Å². The number of nitrogen functional groups attached to an aromatic ring is 1. The molecule has 0 spiro atoms. The maximum Gasteiger partial charge on any atom is 0.251 e. The number of hydrogen-bond acceptors (Lipinski definition) is 4. The van der Waals surface area contributed by atoms with Crippen LogP contribution in [0, 0.1) is 0 Å². The molecule has 1 heterocycles. The monoisotopic (exact) mass is 195 g/mol. The predicted octanol–water partition coefficient (Wildman–Crippen LogP) is 0.768. The average Bonchev–Trinajstić information content (AvgIpc) is 2.53. The van der Waals surface area contributed by atoms with E-state index in [1.54, 1.807) is 0 Å². The number of nitrogens with one attached hydrogen (secondary N) is 1. The summed E-state index contributed by atoms with van der Waals surface area (Å²) in [4.78, 5) is 10.9. The van der Waals surface area contributed by atoms with Gasteiger partial charge in [-0.2, -0.15) is 0 Å². The van der Waals surface area contributed by atoms with Gasteiger partial charge in [0.2, 0.25) is 0 Å². The van der Waals surface area contributed by atoms with Gasteiger partial charge < -0.3 is 5.73 Å². The molecule has 1 aromatic carbocycles. The molecule has 1 fully saturated rings. The van der Waals surface area contributed by atoms with E-state index >= 15 is 0 Å². The average molecular weight is 195 g/mol. The SMILES string of the molecule is Nc1ccc(N2CC(=O)NS2)cc1. The Labute approximate surface area is 80.4 Å². The second kappa shape index (κ2) is 3.18. The highest BCUT2D eigenvalue weighted by atomic mass is 32.2. The standard InChI is InChI=1S/C8H9N3OS/c9-6-1-3-7(4-2-6)11-5-8(12)10-13-11/h1-4H,5,9H2,(H,10,12). The predicted molar refractivity (Wildman–Crippen MR) is 53.9 cm³/mol. The van der Waals surface area contributed by atoms with Crippen LogP contribution < -0.4 is 14.8 Å². The first-order chi connectivity index (χ1) is 6.25. The first-order valence-corrected chi connectivity index (χ1v) is 4.62. The van der Waals surface area contributed by atoms with Gasteiger partial charge in [0.15, 0.2) is 0 Å². The maximum absolute atomic E-state index is 10.9. The highest BCUT2D eigenvalue weighted by Gasteiger charge is 2.19. The second-order valence-electron chi connectivity index (χ2n) is 2.74. The Balaban J connectivity index is 2.17. The minimum absolute atomic E-state index is 0.0295. The molecule has 1 aromatic rings. The molecule has 0 aliphatic carbocycles. The van der Waals surface area contributed by atoms with E-state index in [2.05, 4.69) is 4.72 Å². The fourth-order valence-corrected chi connectivity index (χ4v) is 1.77. The van der Waals surface area contributed by atoms with Crippen LogP contribution in [0.3, 0.4) is 0 Å². The summed E-state index contributed by atoms with van der Waals surface area (Å²) in [6, 6.07) is 7.42. The molecule has 0 aromatic heterocycles. The molecule has 0 radical (unpaired) electrons. The molecule has 4 nitrogen and oxygen atoms in total. The quantitative estimate of drug-likeness (QED) is 0.513. The number of benzene rings is 1. The maximum atomic E-state index is 10.9. The van der Waals surface area contributed by atoms with Crippen molar-refractivity contribution in [1.82, 2.24) is 4.72 Å². The van der Waals surface area contributed by atoms with Crippen LogP contribution in [0.4, 0.5) is 11.4 Å². The van der Waals surface area contributed by atoms with Crippen molar-refractivity contribution in [3.8, 4) is 0 Å². The fourth-order valence-electron chi connectivity index (χ4n) is 1.09. The minimum Gasteiger partial charge on any atom is -0.399 e. The van der Waals surface area contributed by atoms with Crippen LogP contribution in [-0.2, 0) is 4.79 Å². The van der Waals surface area contributed by atoms with Gasteiger partial charge in [-0.15, -0.1) is 0 Å². The molecule has 1 aliphatic heterocycles. The summed E-state index contributed by atoms with van der Waals surface area (Å²) >= 11 is 1.30. The third-order valence-corrected chi connectivity index (χ3v) is 2.62. The number of rotatable bonds is 1. The topological polar surface area (TPSA) is 58.4 Å². The fraction of sp³-hybridized carbons (Fsp3) is 0.125. The highest BCUT2D eigenvalue weighted by Crippen LogP contribution is 2.24. The van der Waals surface area contributed by atoms with Crippen LogP contribution in [0.5, 0.6) is 0 Å². The zero-order valence-corrected chi connectivity index (χ0v) is 7.67.